The van der Waals surface area contributed by atoms with Crippen LogP contribution >= 0.6 is 0 Å². The summed E-state index contributed by atoms with van der Waals surface area (Å²) in [4.78, 5) is 13.6. The highest BCUT2D eigenvalue weighted by atomic mass is 19.1. The lowest BCUT2D eigenvalue weighted by atomic mass is 10.0. The molecule has 4 heteroatoms. The van der Waals surface area contributed by atoms with Crippen molar-refractivity contribution in [1.82, 2.24) is 4.90 Å². The molecule has 0 aromatic heterocycles. The lowest BCUT2D eigenvalue weighted by Gasteiger charge is -2.28. The third-order valence-corrected chi connectivity index (χ3v) is 3.74. The van der Waals surface area contributed by atoms with Crippen LogP contribution in [0.25, 0.3) is 0 Å². The first kappa shape index (κ1) is 14.0. The van der Waals surface area contributed by atoms with Gasteiger partial charge in [-0.3, -0.25) is 4.79 Å². The van der Waals surface area contributed by atoms with Crippen LogP contribution in [0.15, 0.2) is 24.3 Å². The molecule has 1 N–H and O–H groups in total. The predicted octanol–water partition coefficient (Wildman–Crippen LogP) is 2.13. The highest BCUT2D eigenvalue weighted by molar-refractivity contribution is 5.78. The first-order valence-corrected chi connectivity index (χ1v) is 6.69. The summed E-state index contributed by atoms with van der Waals surface area (Å²) in [6.45, 7) is 0.362. The number of nitrogens with zero attached hydrogens (tertiary/aromatic N) is 1. The van der Waals surface area contributed by atoms with Gasteiger partial charge in [0.2, 0.25) is 5.91 Å². The first-order valence-electron chi connectivity index (χ1n) is 6.69. The van der Waals surface area contributed by atoms with E-state index in [1.807, 2.05) is 0 Å². The van der Waals surface area contributed by atoms with E-state index >= 15 is 0 Å². The minimum absolute atomic E-state index is 0.0917. The van der Waals surface area contributed by atoms with E-state index in [-0.39, 0.29) is 18.1 Å². The van der Waals surface area contributed by atoms with Gasteiger partial charge in [-0.25, -0.2) is 4.39 Å². The molecule has 2 rings (SSSR count). The van der Waals surface area contributed by atoms with Crippen LogP contribution in [0.2, 0.25) is 0 Å². The smallest absolute Gasteiger partial charge is 0.226 e. The Balaban J connectivity index is 1.92. The summed E-state index contributed by atoms with van der Waals surface area (Å²) in [6.07, 6.45) is 3.71. The zero-order chi connectivity index (χ0) is 13.9. The number of rotatable bonds is 4. The lowest BCUT2D eigenvalue weighted by molar-refractivity contribution is -0.132. The molecular weight excluding hydrogens is 245 g/mol. The number of benzene rings is 1. The molecule has 1 aromatic rings. The van der Waals surface area contributed by atoms with Gasteiger partial charge in [-0.05, 0) is 30.5 Å². The van der Waals surface area contributed by atoms with E-state index in [1.54, 1.807) is 24.1 Å². The number of carbonyl (C=O) groups excluding carboxylic acids is 1. The number of hydrogen-bond acceptors (Lipinski definition) is 2. The van der Waals surface area contributed by atoms with Gasteiger partial charge in [0.05, 0.1) is 12.0 Å². The fourth-order valence-corrected chi connectivity index (χ4v) is 2.68. The van der Waals surface area contributed by atoms with E-state index in [1.165, 1.54) is 12.1 Å². The maximum Gasteiger partial charge on any atom is 0.226 e. The summed E-state index contributed by atoms with van der Waals surface area (Å²) in [7, 11) is 1.69. The van der Waals surface area contributed by atoms with Gasteiger partial charge in [0.1, 0.15) is 5.82 Å². The number of hydrogen-bond donors (Lipinski definition) is 1. The molecule has 0 atom stereocenters. The normalized spacial score (nSPS) is 17.4. The van der Waals surface area contributed by atoms with Crippen molar-refractivity contribution in [1.29, 1.82) is 0 Å². The van der Waals surface area contributed by atoms with Crippen LogP contribution in [0.5, 0.6) is 0 Å². The van der Waals surface area contributed by atoms with E-state index < -0.39 is 5.60 Å². The summed E-state index contributed by atoms with van der Waals surface area (Å²) in [6, 6.07) is 6.07. The Bertz CT molecular complexity index is 455. The van der Waals surface area contributed by atoms with Gasteiger partial charge in [0.25, 0.3) is 0 Å². The van der Waals surface area contributed by atoms with Crippen molar-refractivity contribution in [2.24, 2.45) is 0 Å². The summed E-state index contributed by atoms with van der Waals surface area (Å²) in [5.41, 5.74) is -0.0675. The highest BCUT2D eigenvalue weighted by Gasteiger charge is 2.33. The molecule has 0 radical (unpaired) electrons. The zero-order valence-corrected chi connectivity index (χ0v) is 11.2. The SMILES string of the molecule is CN(CC1(O)CCCC1)C(=O)Cc1cccc(F)c1. The molecule has 0 unspecified atom stereocenters. The Labute approximate surface area is 113 Å². The second-order valence-electron chi connectivity index (χ2n) is 5.49. The van der Waals surface area contributed by atoms with Crippen LogP contribution < -0.4 is 0 Å². The first-order chi connectivity index (χ1) is 8.98. The Morgan fingerprint density at radius 3 is 2.74 bits per heavy atom. The number of aliphatic hydroxyl groups is 1. The summed E-state index contributed by atoms with van der Waals surface area (Å²) >= 11 is 0. The Kier molecular flexibility index (Phi) is 4.20. The third kappa shape index (κ3) is 3.77. The standard InChI is InChI=1S/C15H20FNO2/c1-17(11-15(19)7-2-3-8-15)14(18)10-12-5-4-6-13(16)9-12/h4-6,9,19H,2-3,7-8,10-11H2,1H3. The van der Waals surface area contributed by atoms with Crippen molar-refractivity contribution in [3.8, 4) is 0 Å². The van der Waals surface area contributed by atoms with Crippen LogP contribution in [-0.2, 0) is 11.2 Å². The van der Waals surface area contributed by atoms with Gasteiger partial charge in [0.15, 0.2) is 0 Å². The van der Waals surface area contributed by atoms with Gasteiger partial charge in [-0.15, -0.1) is 0 Å². The highest BCUT2D eigenvalue weighted by Crippen LogP contribution is 2.30. The molecule has 0 aliphatic heterocycles. The lowest BCUT2D eigenvalue weighted by Crippen LogP contribution is -2.42. The quantitative estimate of drug-likeness (QED) is 0.906. The van der Waals surface area contributed by atoms with Gasteiger partial charge in [-0.2, -0.15) is 0 Å². The Hall–Kier alpha value is -1.42. The van der Waals surface area contributed by atoms with Crippen LogP contribution in [0.3, 0.4) is 0 Å². The van der Waals surface area contributed by atoms with Crippen LogP contribution in [0.4, 0.5) is 4.39 Å². The van der Waals surface area contributed by atoms with Gasteiger partial charge < -0.3 is 10.0 Å². The van der Waals surface area contributed by atoms with Crippen molar-refractivity contribution >= 4 is 5.91 Å². The Morgan fingerprint density at radius 1 is 1.42 bits per heavy atom. The monoisotopic (exact) mass is 265 g/mol. The second kappa shape index (κ2) is 5.70. The van der Waals surface area contributed by atoms with Crippen molar-refractivity contribution in [3.63, 3.8) is 0 Å². The van der Waals surface area contributed by atoms with Gasteiger partial charge in [-0.1, -0.05) is 25.0 Å². The maximum atomic E-state index is 13.0. The molecule has 1 aromatic carbocycles. The third-order valence-electron chi connectivity index (χ3n) is 3.74. The second-order valence-corrected chi connectivity index (χ2v) is 5.49. The zero-order valence-electron chi connectivity index (χ0n) is 11.2. The average molecular weight is 265 g/mol. The minimum atomic E-state index is -0.730. The molecule has 1 saturated carbocycles. The van der Waals surface area contributed by atoms with Crippen LogP contribution in [-0.4, -0.2) is 35.1 Å². The van der Waals surface area contributed by atoms with Crippen molar-refractivity contribution in [2.75, 3.05) is 13.6 Å². The molecule has 3 nitrogen and oxygen atoms in total. The summed E-state index contributed by atoms with van der Waals surface area (Å²) in [5, 5.41) is 10.3. The van der Waals surface area contributed by atoms with E-state index in [0.29, 0.717) is 12.1 Å². The molecule has 0 spiro atoms. The molecule has 1 aliphatic carbocycles. The molecule has 1 amide bonds. The molecule has 0 heterocycles. The topological polar surface area (TPSA) is 40.5 Å². The largest absolute Gasteiger partial charge is 0.388 e. The Morgan fingerprint density at radius 2 is 2.11 bits per heavy atom. The van der Waals surface area contributed by atoms with Crippen molar-refractivity contribution in [2.45, 2.75) is 37.7 Å². The molecule has 0 saturated heterocycles. The molecule has 1 fully saturated rings. The van der Waals surface area contributed by atoms with Crippen molar-refractivity contribution < 1.29 is 14.3 Å². The maximum absolute atomic E-state index is 13.0. The molecule has 1 aliphatic rings. The van der Waals surface area contributed by atoms with Crippen LogP contribution in [0.1, 0.15) is 31.2 Å². The number of likely N-dealkylation sites (N-methyl/N-ethyl adjacent to an activating group) is 1. The summed E-state index contributed by atoms with van der Waals surface area (Å²) in [5.74, 6) is -0.423. The fraction of sp³-hybridized carbons (Fsp3) is 0.533. The number of halogens is 1. The molecule has 104 valence electrons. The molecular formula is C15H20FNO2. The van der Waals surface area contributed by atoms with E-state index in [9.17, 15) is 14.3 Å². The van der Waals surface area contributed by atoms with E-state index in [0.717, 1.165) is 25.7 Å². The van der Waals surface area contributed by atoms with Gasteiger partial charge in [0, 0.05) is 13.6 Å². The number of amides is 1. The fourth-order valence-electron chi connectivity index (χ4n) is 2.68. The molecule has 0 bridgehead atoms. The van der Waals surface area contributed by atoms with Crippen molar-refractivity contribution in [3.05, 3.63) is 35.6 Å². The van der Waals surface area contributed by atoms with E-state index in [4.69, 9.17) is 0 Å². The molecule has 19 heavy (non-hydrogen) atoms. The predicted molar refractivity (Wildman–Crippen MR) is 71.2 cm³/mol. The van der Waals surface area contributed by atoms with Gasteiger partial charge >= 0.3 is 0 Å². The minimum Gasteiger partial charge on any atom is -0.388 e. The van der Waals surface area contributed by atoms with E-state index in [2.05, 4.69) is 0 Å². The summed E-state index contributed by atoms with van der Waals surface area (Å²) < 4.78 is 13.0. The number of carbonyl (C=O) groups is 1. The van der Waals surface area contributed by atoms with Crippen LogP contribution in [0, 0.1) is 5.82 Å². The average Bonchev–Trinajstić information content (AvgIpc) is 2.75.